The zero-order chi connectivity index (χ0) is 15.8. The van der Waals surface area contributed by atoms with Crippen molar-refractivity contribution in [2.75, 3.05) is 11.4 Å². The fraction of sp³-hybridized carbons (Fsp3) is 0.400. The molecule has 8 heteroatoms. The van der Waals surface area contributed by atoms with Crippen LogP contribution in [0, 0.1) is 0 Å². The molecule has 0 aromatic carbocycles. The van der Waals surface area contributed by atoms with E-state index < -0.39 is 6.09 Å². The van der Waals surface area contributed by atoms with Gasteiger partial charge in [0.1, 0.15) is 18.5 Å². The number of hydrogen-bond acceptors (Lipinski definition) is 6. The molecule has 8 nitrogen and oxygen atoms in total. The Morgan fingerprint density at radius 3 is 2.57 bits per heavy atom. The average molecular weight is 312 g/mol. The molecule has 2 bridgehead atoms. The van der Waals surface area contributed by atoms with Crippen molar-refractivity contribution in [3.8, 4) is 0 Å². The van der Waals surface area contributed by atoms with Crippen LogP contribution in [0.5, 0.6) is 0 Å². The molecule has 23 heavy (non-hydrogen) atoms. The molecule has 4 rings (SSSR count). The second-order valence-corrected chi connectivity index (χ2v) is 5.79. The van der Waals surface area contributed by atoms with Crippen LogP contribution >= 0.6 is 0 Å². The first kappa shape index (κ1) is 13.9. The van der Waals surface area contributed by atoms with Gasteiger partial charge in [-0.1, -0.05) is 0 Å². The van der Waals surface area contributed by atoms with Crippen molar-refractivity contribution < 1.29 is 9.90 Å². The molecular weight excluding hydrogens is 296 g/mol. The molecule has 2 aromatic heterocycles. The number of aromatic nitrogens is 4. The summed E-state index contributed by atoms with van der Waals surface area (Å²) in [7, 11) is 0. The van der Waals surface area contributed by atoms with Crippen molar-refractivity contribution in [1.29, 1.82) is 0 Å². The van der Waals surface area contributed by atoms with E-state index >= 15 is 0 Å². The third-order valence-corrected chi connectivity index (χ3v) is 4.64. The summed E-state index contributed by atoms with van der Waals surface area (Å²) in [5.41, 5.74) is 0.815. The fourth-order valence-electron chi connectivity index (χ4n) is 3.77. The Balaban J connectivity index is 1.79. The van der Waals surface area contributed by atoms with Crippen LogP contribution in [0.4, 0.5) is 10.6 Å². The summed E-state index contributed by atoms with van der Waals surface area (Å²) in [4.78, 5) is 32.1. The summed E-state index contributed by atoms with van der Waals surface area (Å²) in [6, 6.07) is 3.39. The van der Waals surface area contributed by atoms with Crippen LogP contribution in [0.1, 0.15) is 24.6 Å². The van der Waals surface area contributed by atoms with Crippen molar-refractivity contribution in [1.82, 2.24) is 24.8 Å². The molecule has 4 heterocycles. The smallest absolute Gasteiger partial charge is 0.407 e. The lowest BCUT2D eigenvalue weighted by Crippen LogP contribution is -2.57. The number of carboxylic acid groups (broad SMARTS) is 1. The van der Waals surface area contributed by atoms with Gasteiger partial charge in [-0.05, 0) is 25.0 Å². The number of amides is 1. The first-order valence-corrected chi connectivity index (χ1v) is 7.55. The molecule has 2 saturated heterocycles. The third-order valence-electron chi connectivity index (χ3n) is 4.64. The summed E-state index contributed by atoms with van der Waals surface area (Å²) in [6.07, 6.45) is 7.22. The highest BCUT2D eigenvalue weighted by atomic mass is 16.4. The van der Waals surface area contributed by atoms with E-state index in [0.717, 1.165) is 24.4 Å². The molecule has 3 unspecified atom stereocenters. The maximum absolute atomic E-state index is 11.7. The van der Waals surface area contributed by atoms with Gasteiger partial charge in [0.25, 0.3) is 0 Å². The van der Waals surface area contributed by atoms with E-state index in [1.54, 1.807) is 17.3 Å². The fourth-order valence-corrected chi connectivity index (χ4v) is 3.77. The molecule has 2 aliphatic rings. The molecule has 0 spiro atoms. The predicted molar refractivity (Wildman–Crippen MR) is 80.8 cm³/mol. The first-order valence-electron chi connectivity index (χ1n) is 7.55. The Labute approximate surface area is 132 Å². The standard InChI is InChI=1S/C15H16N6O2/c22-15(23)21-10-1-2-12(21)14(11-3-5-16-8-18-11)20(7-10)13-4-6-17-9-19-13/h3-6,8-10,12,14H,1-2,7H2,(H,22,23). The van der Waals surface area contributed by atoms with Crippen molar-refractivity contribution in [3.05, 3.63) is 42.9 Å². The van der Waals surface area contributed by atoms with Crippen LogP contribution in [0.3, 0.4) is 0 Å². The van der Waals surface area contributed by atoms with E-state index in [1.165, 1.54) is 12.7 Å². The molecular formula is C15H16N6O2. The number of anilines is 1. The van der Waals surface area contributed by atoms with Crippen LogP contribution in [-0.4, -0.2) is 54.7 Å². The number of carbonyl (C=O) groups is 1. The maximum Gasteiger partial charge on any atom is 0.407 e. The molecule has 1 N–H and O–H groups in total. The first-order chi connectivity index (χ1) is 11.3. The number of piperazine rings is 1. The molecule has 118 valence electrons. The Hall–Kier alpha value is -2.77. The van der Waals surface area contributed by atoms with Crippen molar-refractivity contribution in [3.63, 3.8) is 0 Å². The van der Waals surface area contributed by atoms with Gasteiger partial charge in [0.2, 0.25) is 0 Å². The van der Waals surface area contributed by atoms with Crippen LogP contribution in [0.25, 0.3) is 0 Å². The number of fused-ring (bicyclic) bond motifs is 2. The summed E-state index contributed by atoms with van der Waals surface area (Å²) >= 11 is 0. The van der Waals surface area contributed by atoms with Gasteiger partial charge < -0.3 is 10.0 Å². The van der Waals surface area contributed by atoms with Gasteiger partial charge >= 0.3 is 6.09 Å². The lowest BCUT2D eigenvalue weighted by Gasteiger charge is -2.45. The normalized spacial score (nSPS) is 26.3. The van der Waals surface area contributed by atoms with E-state index in [4.69, 9.17) is 0 Å². The minimum atomic E-state index is -0.862. The van der Waals surface area contributed by atoms with Crippen molar-refractivity contribution in [2.45, 2.75) is 31.0 Å². The second-order valence-electron chi connectivity index (χ2n) is 5.79. The van der Waals surface area contributed by atoms with E-state index in [0.29, 0.717) is 6.54 Å². The Kier molecular flexibility index (Phi) is 3.29. The summed E-state index contributed by atoms with van der Waals surface area (Å²) in [5.74, 6) is 0.797. The Morgan fingerprint density at radius 2 is 1.91 bits per heavy atom. The quantitative estimate of drug-likeness (QED) is 0.894. The molecule has 3 atom stereocenters. The van der Waals surface area contributed by atoms with Crippen LogP contribution in [0.15, 0.2) is 37.2 Å². The maximum atomic E-state index is 11.7. The number of rotatable bonds is 2. The van der Waals surface area contributed by atoms with Crippen molar-refractivity contribution in [2.24, 2.45) is 0 Å². The van der Waals surface area contributed by atoms with E-state index in [2.05, 4.69) is 24.8 Å². The van der Waals surface area contributed by atoms with Gasteiger partial charge in [-0.2, -0.15) is 0 Å². The molecule has 0 aliphatic carbocycles. The predicted octanol–water partition coefficient (Wildman–Crippen LogP) is 1.34. The van der Waals surface area contributed by atoms with Gasteiger partial charge in [0, 0.05) is 18.9 Å². The highest BCUT2D eigenvalue weighted by Gasteiger charge is 2.49. The zero-order valence-electron chi connectivity index (χ0n) is 12.4. The Morgan fingerprint density at radius 1 is 1.13 bits per heavy atom. The molecule has 0 saturated carbocycles. The number of hydrogen-bond donors (Lipinski definition) is 1. The minimum Gasteiger partial charge on any atom is -0.465 e. The lowest BCUT2D eigenvalue weighted by atomic mass is 9.99. The summed E-state index contributed by atoms with van der Waals surface area (Å²) in [6.45, 7) is 0.606. The highest BCUT2D eigenvalue weighted by Crippen LogP contribution is 2.42. The van der Waals surface area contributed by atoms with Gasteiger partial charge in [-0.15, -0.1) is 0 Å². The lowest BCUT2D eigenvalue weighted by molar-refractivity contribution is 0.100. The van der Waals surface area contributed by atoms with E-state index in [-0.39, 0.29) is 18.1 Å². The summed E-state index contributed by atoms with van der Waals surface area (Å²) in [5, 5.41) is 9.59. The van der Waals surface area contributed by atoms with Gasteiger partial charge in [-0.25, -0.2) is 24.7 Å². The monoisotopic (exact) mass is 312 g/mol. The van der Waals surface area contributed by atoms with Crippen LogP contribution in [-0.2, 0) is 0 Å². The van der Waals surface area contributed by atoms with Gasteiger partial charge in [0.15, 0.2) is 0 Å². The highest BCUT2D eigenvalue weighted by molar-refractivity contribution is 5.68. The topological polar surface area (TPSA) is 95.3 Å². The minimum absolute atomic E-state index is 0.00875. The third kappa shape index (κ3) is 2.26. The van der Waals surface area contributed by atoms with Gasteiger partial charge in [0.05, 0.1) is 23.8 Å². The van der Waals surface area contributed by atoms with Gasteiger partial charge in [-0.3, -0.25) is 4.90 Å². The zero-order valence-corrected chi connectivity index (χ0v) is 12.4. The number of nitrogens with zero attached hydrogens (tertiary/aromatic N) is 6. The van der Waals surface area contributed by atoms with E-state index in [9.17, 15) is 9.90 Å². The van der Waals surface area contributed by atoms with Crippen LogP contribution < -0.4 is 4.90 Å². The second kappa shape index (κ2) is 5.45. The molecule has 1 amide bonds. The molecule has 2 aliphatic heterocycles. The molecule has 2 aromatic rings. The average Bonchev–Trinajstić information content (AvgIpc) is 2.91. The van der Waals surface area contributed by atoms with Crippen LogP contribution in [0.2, 0.25) is 0 Å². The SMILES string of the molecule is O=C(O)N1C2CCC1C(c1ccncn1)N(c1ccncn1)C2. The van der Waals surface area contributed by atoms with Crippen molar-refractivity contribution >= 4 is 11.9 Å². The van der Waals surface area contributed by atoms with E-state index in [1.807, 2.05) is 12.1 Å². The molecule has 2 fully saturated rings. The summed E-state index contributed by atoms with van der Waals surface area (Å²) < 4.78 is 0. The largest absolute Gasteiger partial charge is 0.465 e. The Bertz CT molecular complexity index is 698. The molecule has 0 radical (unpaired) electrons.